The molecule has 32 heavy (non-hydrogen) atoms. The van der Waals surface area contributed by atoms with E-state index in [9.17, 15) is 37.1 Å². The maximum Gasteiger partial charge on any atom is 0.342 e. The first-order chi connectivity index (χ1) is 14.6. The fraction of sp³-hybridized carbons (Fsp3) is 0.571. The molecule has 0 aliphatic carbocycles. The van der Waals surface area contributed by atoms with Gasteiger partial charge in [-0.15, -0.1) is 0 Å². The standard InChI is InChI=1S/2C7H11N3O5S/c2*1-6-8-5-7(10(11)12)9(6)3-4-15-16(2,13)14/h2*5H,3-4H2,1-2H3. The van der Waals surface area contributed by atoms with E-state index in [1.54, 1.807) is 13.8 Å². The Morgan fingerprint density at radius 1 is 0.812 bits per heavy atom. The highest BCUT2D eigenvalue weighted by Crippen LogP contribution is 2.14. The van der Waals surface area contributed by atoms with E-state index >= 15 is 0 Å². The summed E-state index contributed by atoms with van der Waals surface area (Å²) in [6.45, 7) is 3.00. The van der Waals surface area contributed by atoms with Crippen molar-refractivity contribution in [1.29, 1.82) is 0 Å². The average Bonchev–Trinajstić information content (AvgIpc) is 3.17. The number of aromatic nitrogens is 4. The van der Waals surface area contributed by atoms with Gasteiger partial charge in [0.25, 0.3) is 20.2 Å². The molecule has 0 fully saturated rings. The molecular formula is C14H22N6O10S2. The second kappa shape index (κ2) is 11.1. The van der Waals surface area contributed by atoms with Gasteiger partial charge in [-0.2, -0.15) is 16.8 Å². The first-order valence-corrected chi connectivity index (χ1v) is 12.3. The van der Waals surface area contributed by atoms with Gasteiger partial charge in [0.1, 0.15) is 38.7 Å². The molecule has 0 aliphatic heterocycles. The Labute approximate surface area is 183 Å². The number of rotatable bonds is 10. The summed E-state index contributed by atoms with van der Waals surface area (Å²) in [6.07, 6.45) is 4.08. The average molecular weight is 498 g/mol. The number of nitro groups is 2. The summed E-state index contributed by atoms with van der Waals surface area (Å²) in [5, 5.41) is 21.2. The number of imidazole rings is 2. The van der Waals surface area contributed by atoms with Crippen LogP contribution in [0.15, 0.2) is 12.4 Å². The predicted molar refractivity (Wildman–Crippen MR) is 109 cm³/mol. The maximum absolute atomic E-state index is 10.7. The van der Waals surface area contributed by atoms with Gasteiger partial charge in [0.05, 0.1) is 12.5 Å². The molecule has 0 radical (unpaired) electrons. The minimum Gasteiger partial charge on any atom is -0.358 e. The number of hydrogen-bond donors (Lipinski definition) is 0. The Hall–Kier alpha value is -2.96. The van der Waals surface area contributed by atoms with E-state index in [0.29, 0.717) is 11.6 Å². The zero-order valence-electron chi connectivity index (χ0n) is 17.6. The highest BCUT2D eigenvalue weighted by molar-refractivity contribution is 7.86. The van der Waals surface area contributed by atoms with Crippen molar-refractivity contribution in [3.05, 3.63) is 44.3 Å². The number of hydrogen-bond acceptors (Lipinski definition) is 12. The zero-order valence-corrected chi connectivity index (χ0v) is 19.2. The second-order valence-corrected chi connectivity index (χ2v) is 9.48. The lowest BCUT2D eigenvalue weighted by Gasteiger charge is -2.02. The quantitative estimate of drug-likeness (QED) is 0.243. The topological polar surface area (TPSA) is 209 Å². The van der Waals surface area contributed by atoms with Gasteiger partial charge in [0.2, 0.25) is 0 Å². The Morgan fingerprint density at radius 2 is 1.12 bits per heavy atom. The van der Waals surface area contributed by atoms with Crippen molar-refractivity contribution in [1.82, 2.24) is 19.1 Å². The first-order valence-electron chi connectivity index (χ1n) is 8.64. The van der Waals surface area contributed by atoms with Crippen LogP contribution in [0.25, 0.3) is 0 Å². The highest BCUT2D eigenvalue weighted by atomic mass is 32.2. The summed E-state index contributed by atoms with van der Waals surface area (Å²) in [4.78, 5) is 27.5. The molecule has 2 rings (SSSR count). The van der Waals surface area contributed by atoms with Crippen LogP contribution in [0.1, 0.15) is 11.6 Å². The summed E-state index contributed by atoms with van der Waals surface area (Å²) in [6, 6.07) is 0. The van der Waals surface area contributed by atoms with E-state index in [1.807, 2.05) is 0 Å². The van der Waals surface area contributed by atoms with Crippen molar-refractivity contribution in [2.75, 3.05) is 25.7 Å². The predicted octanol–water partition coefficient (Wildman–Crippen LogP) is 0.152. The van der Waals surface area contributed by atoms with Crippen molar-refractivity contribution in [3.8, 4) is 0 Å². The van der Waals surface area contributed by atoms with E-state index < -0.39 is 30.1 Å². The molecule has 2 aromatic heterocycles. The summed E-state index contributed by atoms with van der Waals surface area (Å²) >= 11 is 0. The molecule has 16 nitrogen and oxygen atoms in total. The van der Waals surface area contributed by atoms with Crippen LogP contribution < -0.4 is 0 Å². The van der Waals surface area contributed by atoms with Gasteiger partial charge >= 0.3 is 11.6 Å². The van der Waals surface area contributed by atoms with Crippen LogP contribution in [-0.2, 0) is 41.7 Å². The minimum absolute atomic E-state index is 0.0647. The molecule has 0 spiro atoms. The van der Waals surface area contributed by atoms with Crippen LogP contribution in [0, 0.1) is 34.1 Å². The third-order valence-electron chi connectivity index (χ3n) is 3.67. The molecule has 2 heterocycles. The van der Waals surface area contributed by atoms with E-state index in [2.05, 4.69) is 18.3 Å². The molecule has 0 bridgehead atoms. The van der Waals surface area contributed by atoms with Crippen molar-refractivity contribution >= 4 is 31.9 Å². The molecule has 0 aromatic carbocycles. The number of aryl methyl sites for hydroxylation is 2. The van der Waals surface area contributed by atoms with Crippen LogP contribution in [0.5, 0.6) is 0 Å². The molecule has 0 aliphatic rings. The van der Waals surface area contributed by atoms with Crippen molar-refractivity contribution < 1.29 is 35.0 Å². The fourth-order valence-corrected chi connectivity index (χ4v) is 3.07. The smallest absolute Gasteiger partial charge is 0.342 e. The molecule has 0 amide bonds. The Kier molecular flexibility index (Phi) is 9.36. The molecule has 18 heteroatoms. The molecule has 0 N–H and O–H groups in total. The molecule has 0 saturated heterocycles. The van der Waals surface area contributed by atoms with Crippen LogP contribution in [0.4, 0.5) is 11.6 Å². The van der Waals surface area contributed by atoms with Gasteiger partial charge in [0.15, 0.2) is 11.6 Å². The summed E-state index contributed by atoms with van der Waals surface area (Å²) in [5.41, 5.74) is 0. The largest absolute Gasteiger partial charge is 0.358 e. The molecule has 180 valence electrons. The second-order valence-electron chi connectivity index (χ2n) is 6.20. The Balaban J connectivity index is 0.000000320. The van der Waals surface area contributed by atoms with E-state index in [4.69, 9.17) is 0 Å². The van der Waals surface area contributed by atoms with Crippen LogP contribution in [-0.4, -0.2) is 71.5 Å². The molecule has 0 atom stereocenters. The summed E-state index contributed by atoms with van der Waals surface area (Å²) in [7, 11) is -7.05. The minimum atomic E-state index is -3.53. The van der Waals surface area contributed by atoms with Crippen molar-refractivity contribution in [3.63, 3.8) is 0 Å². The SMILES string of the molecule is Cc1ncc([N+](=O)[O-])n1CCOS(C)(=O)=O.Cc1ncc([N+](=O)[O-])n1CCOS(C)(=O)=O. The van der Waals surface area contributed by atoms with Crippen LogP contribution >= 0.6 is 0 Å². The monoisotopic (exact) mass is 498 g/mol. The molecule has 2 aromatic rings. The Bertz CT molecular complexity index is 1080. The summed E-state index contributed by atoms with van der Waals surface area (Å²) < 4.78 is 54.3. The van der Waals surface area contributed by atoms with Gasteiger partial charge in [-0.1, -0.05) is 0 Å². The van der Waals surface area contributed by atoms with E-state index in [0.717, 1.165) is 24.9 Å². The van der Waals surface area contributed by atoms with Gasteiger partial charge in [-0.05, 0) is 9.85 Å². The van der Waals surface area contributed by atoms with Crippen molar-refractivity contribution in [2.45, 2.75) is 26.9 Å². The van der Waals surface area contributed by atoms with Crippen LogP contribution in [0.2, 0.25) is 0 Å². The van der Waals surface area contributed by atoms with Crippen LogP contribution in [0.3, 0.4) is 0 Å². The molecular weight excluding hydrogens is 476 g/mol. The van der Waals surface area contributed by atoms with E-state index in [1.165, 1.54) is 9.13 Å². The highest BCUT2D eigenvalue weighted by Gasteiger charge is 2.18. The van der Waals surface area contributed by atoms with Gasteiger partial charge in [0, 0.05) is 13.8 Å². The molecule has 0 saturated carbocycles. The lowest BCUT2D eigenvalue weighted by atomic mass is 10.6. The third kappa shape index (κ3) is 9.04. The van der Waals surface area contributed by atoms with Gasteiger partial charge in [-0.25, -0.2) is 19.1 Å². The van der Waals surface area contributed by atoms with Gasteiger partial charge < -0.3 is 20.2 Å². The normalized spacial score (nSPS) is 11.6. The lowest BCUT2D eigenvalue weighted by molar-refractivity contribution is -0.392. The maximum atomic E-state index is 10.7. The zero-order chi connectivity index (χ0) is 24.7. The van der Waals surface area contributed by atoms with E-state index in [-0.39, 0.29) is 37.9 Å². The number of nitrogens with zero attached hydrogens (tertiary/aromatic N) is 6. The molecule has 0 unspecified atom stereocenters. The lowest BCUT2D eigenvalue weighted by Crippen LogP contribution is -2.13. The fourth-order valence-electron chi connectivity index (χ4n) is 2.32. The van der Waals surface area contributed by atoms with Gasteiger partial charge in [-0.3, -0.25) is 8.37 Å². The Morgan fingerprint density at radius 3 is 1.38 bits per heavy atom. The van der Waals surface area contributed by atoms with Crippen molar-refractivity contribution in [2.24, 2.45) is 0 Å². The summed E-state index contributed by atoms with van der Waals surface area (Å²) in [5.74, 6) is 0.497. The first kappa shape index (κ1) is 27.1. The third-order valence-corrected chi connectivity index (χ3v) is 4.86.